The first-order valence-corrected chi connectivity index (χ1v) is 18.6. The zero-order chi connectivity index (χ0) is 36.0. The van der Waals surface area contributed by atoms with Crippen LogP contribution in [0.1, 0.15) is 117 Å². The molecule has 0 spiro atoms. The Morgan fingerprint density at radius 3 is 1.65 bits per heavy atom. The summed E-state index contributed by atoms with van der Waals surface area (Å²) in [5.41, 5.74) is 0. The Morgan fingerprint density at radius 1 is 0.592 bits per heavy atom. The van der Waals surface area contributed by atoms with Gasteiger partial charge in [-0.05, 0) is 12.8 Å². The van der Waals surface area contributed by atoms with Gasteiger partial charge in [-0.1, -0.05) is 97.3 Å². The molecule has 7 N–H and O–H groups in total. The molecule has 11 atom stereocenters. The smallest absolute Gasteiger partial charge is 0.306 e. The quantitative estimate of drug-likeness (QED) is 0.0479. The summed E-state index contributed by atoms with van der Waals surface area (Å²) in [7, 11) is 0. The minimum Gasteiger partial charge on any atom is -0.457 e. The molecule has 2 fully saturated rings. The van der Waals surface area contributed by atoms with Crippen LogP contribution in [0.25, 0.3) is 0 Å². The number of carbonyl (C=O) groups excluding carboxylic acids is 1. The molecule has 0 aromatic rings. The molecule has 2 rings (SSSR count). The summed E-state index contributed by atoms with van der Waals surface area (Å²) in [4.78, 5) is 12.6. The number of rotatable bonds is 27. The van der Waals surface area contributed by atoms with Crippen molar-refractivity contribution in [2.45, 2.75) is 184 Å². The Hall–Kier alpha value is -1.01. The molecule has 0 amide bonds. The van der Waals surface area contributed by atoms with Gasteiger partial charge in [0.2, 0.25) is 0 Å². The molecule has 2 aliphatic rings. The van der Waals surface area contributed by atoms with Crippen molar-refractivity contribution in [2.24, 2.45) is 0 Å². The Balaban J connectivity index is 1.86. The third-order valence-electron chi connectivity index (χ3n) is 9.12. The van der Waals surface area contributed by atoms with Gasteiger partial charge in [0.05, 0.1) is 26.4 Å². The molecule has 0 aromatic heterocycles. The van der Waals surface area contributed by atoms with Crippen LogP contribution in [0.3, 0.4) is 0 Å². The highest BCUT2D eigenvalue weighted by Gasteiger charge is 2.47. The van der Waals surface area contributed by atoms with Crippen molar-refractivity contribution in [1.82, 2.24) is 0 Å². The summed E-state index contributed by atoms with van der Waals surface area (Å²) < 4.78 is 33.8. The van der Waals surface area contributed by atoms with E-state index >= 15 is 0 Å². The molecule has 49 heavy (non-hydrogen) atoms. The molecule has 0 aliphatic carbocycles. The molecule has 0 saturated carbocycles. The molecule has 2 saturated heterocycles. The summed E-state index contributed by atoms with van der Waals surface area (Å²) in [6, 6.07) is 0. The van der Waals surface area contributed by atoms with E-state index in [0.717, 1.165) is 44.9 Å². The van der Waals surface area contributed by atoms with Crippen molar-refractivity contribution in [3.05, 3.63) is 0 Å². The number of aliphatic hydroxyl groups is 7. The first-order valence-electron chi connectivity index (χ1n) is 18.6. The molecule has 2 heterocycles. The van der Waals surface area contributed by atoms with Crippen molar-refractivity contribution in [2.75, 3.05) is 33.0 Å². The highest BCUT2D eigenvalue weighted by Crippen LogP contribution is 2.26. The second kappa shape index (κ2) is 25.9. The van der Waals surface area contributed by atoms with Crippen molar-refractivity contribution in [3.8, 4) is 0 Å². The molecule has 0 radical (unpaired) electrons. The van der Waals surface area contributed by atoms with Gasteiger partial charge in [0.1, 0.15) is 54.9 Å². The SMILES string of the molecule is CCCCCCCCCCCCOCC(COC1OC(COC2OC(CO)C(O)C(O)C2O)C(O)C(O)C1O)OC(=O)CCCCCCC. The molecule has 290 valence electrons. The molecule has 2 aliphatic heterocycles. The van der Waals surface area contributed by atoms with E-state index in [9.17, 15) is 40.5 Å². The fourth-order valence-electron chi connectivity index (χ4n) is 5.93. The molecular formula is C35H66O14. The summed E-state index contributed by atoms with van der Waals surface area (Å²) in [5.74, 6) is -0.390. The highest BCUT2D eigenvalue weighted by atomic mass is 16.7. The zero-order valence-electron chi connectivity index (χ0n) is 29.7. The first-order chi connectivity index (χ1) is 23.6. The van der Waals surface area contributed by atoms with Crippen molar-refractivity contribution >= 4 is 5.97 Å². The van der Waals surface area contributed by atoms with Gasteiger partial charge in [0.15, 0.2) is 12.6 Å². The molecule has 14 nitrogen and oxygen atoms in total. The van der Waals surface area contributed by atoms with E-state index in [1.807, 2.05) is 0 Å². The van der Waals surface area contributed by atoms with Gasteiger partial charge in [0.25, 0.3) is 0 Å². The van der Waals surface area contributed by atoms with Crippen molar-refractivity contribution < 1.29 is 69.0 Å². The lowest BCUT2D eigenvalue weighted by atomic mass is 9.98. The maximum Gasteiger partial charge on any atom is 0.306 e. The average molecular weight is 711 g/mol. The summed E-state index contributed by atoms with van der Waals surface area (Å²) in [5, 5.41) is 71.3. The summed E-state index contributed by atoms with van der Waals surface area (Å²) in [6.07, 6.45) is 1.00. The van der Waals surface area contributed by atoms with Crippen LogP contribution in [0.15, 0.2) is 0 Å². The number of hydrogen-bond acceptors (Lipinski definition) is 14. The Bertz CT molecular complexity index is 834. The predicted octanol–water partition coefficient (Wildman–Crippen LogP) is 1.84. The minimum absolute atomic E-state index is 0.0661. The van der Waals surface area contributed by atoms with Gasteiger partial charge in [-0.3, -0.25) is 4.79 Å². The van der Waals surface area contributed by atoms with Crippen molar-refractivity contribution in [1.29, 1.82) is 0 Å². The lowest BCUT2D eigenvalue weighted by Crippen LogP contribution is -2.61. The normalized spacial score (nSPS) is 31.1. The van der Waals surface area contributed by atoms with Gasteiger partial charge in [-0.25, -0.2) is 0 Å². The molecular weight excluding hydrogens is 644 g/mol. The van der Waals surface area contributed by atoms with E-state index in [2.05, 4.69) is 13.8 Å². The average Bonchev–Trinajstić information content (AvgIpc) is 3.09. The third kappa shape index (κ3) is 16.5. The van der Waals surface area contributed by atoms with E-state index in [0.29, 0.717) is 13.0 Å². The van der Waals surface area contributed by atoms with Crippen LogP contribution in [0.5, 0.6) is 0 Å². The Labute approximate surface area is 292 Å². The number of ether oxygens (including phenoxy) is 6. The van der Waals surface area contributed by atoms with E-state index in [1.165, 1.54) is 44.9 Å². The zero-order valence-corrected chi connectivity index (χ0v) is 29.7. The Morgan fingerprint density at radius 2 is 1.08 bits per heavy atom. The fourth-order valence-corrected chi connectivity index (χ4v) is 5.93. The van der Waals surface area contributed by atoms with Crippen LogP contribution in [-0.4, -0.2) is 142 Å². The van der Waals surface area contributed by atoms with E-state index in [4.69, 9.17) is 28.4 Å². The lowest BCUT2D eigenvalue weighted by molar-refractivity contribution is -0.332. The number of unbranched alkanes of at least 4 members (excludes halogenated alkanes) is 13. The van der Waals surface area contributed by atoms with Gasteiger partial charge < -0.3 is 64.2 Å². The first kappa shape index (κ1) is 44.2. The highest BCUT2D eigenvalue weighted by molar-refractivity contribution is 5.69. The second-order valence-corrected chi connectivity index (χ2v) is 13.4. The van der Waals surface area contributed by atoms with Crippen molar-refractivity contribution in [3.63, 3.8) is 0 Å². The topological polar surface area (TPSA) is 214 Å². The molecule has 11 unspecified atom stereocenters. The minimum atomic E-state index is -1.70. The number of aliphatic hydroxyl groups excluding tert-OH is 7. The summed E-state index contributed by atoms with van der Waals surface area (Å²) in [6.45, 7) is 3.55. The maximum absolute atomic E-state index is 12.6. The maximum atomic E-state index is 12.6. The summed E-state index contributed by atoms with van der Waals surface area (Å²) >= 11 is 0. The standard InChI is InChI=1S/C35H66O14/c1-3-5-7-9-10-11-12-13-15-17-19-44-21-24(47-27(37)18-16-14-8-6-4-2)22-45-34-33(43)31(41)29(39)26(49-34)23-46-35-32(42)30(40)28(38)25(20-36)48-35/h24-26,28-36,38-43H,3-23H2,1-2H3. The van der Waals surface area contributed by atoms with Crippen LogP contribution in [-0.2, 0) is 33.2 Å². The molecule has 0 bridgehead atoms. The van der Waals surface area contributed by atoms with E-state index in [-0.39, 0.29) is 25.6 Å². The predicted molar refractivity (Wildman–Crippen MR) is 178 cm³/mol. The van der Waals surface area contributed by atoms with Gasteiger partial charge in [-0.15, -0.1) is 0 Å². The van der Waals surface area contributed by atoms with Gasteiger partial charge in [0, 0.05) is 13.0 Å². The third-order valence-corrected chi connectivity index (χ3v) is 9.12. The van der Waals surface area contributed by atoms with Crippen LogP contribution >= 0.6 is 0 Å². The molecule has 14 heteroatoms. The van der Waals surface area contributed by atoms with Crippen LogP contribution < -0.4 is 0 Å². The van der Waals surface area contributed by atoms with Crippen LogP contribution in [0, 0.1) is 0 Å². The second-order valence-electron chi connectivity index (χ2n) is 13.4. The number of esters is 1. The molecule has 0 aromatic carbocycles. The van der Waals surface area contributed by atoms with Crippen LogP contribution in [0.2, 0.25) is 0 Å². The number of hydrogen-bond donors (Lipinski definition) is 7. The largest absolute Gasteiger partial charge is 0.457 e. The monoisotopic (exact) mass is 710 g/mol. The lowest BCUT2D eigenvalue weighted by Gasteiger charge is -2.42. The fraction of sp³-hybridized carbons (Fsp3) is 0.971. The van der Waals surface area contributed by atoms with Gasteiger partial charge >= 0.3 is 5.97 Å². The van der Waals surface area contributed by atoms with E-state index < -0.39 is 80.7 Å². The Kier molecular flexibility index (Phi) is 23.3. The van der Waals surface area contributed by atoms with E-state index in [1.54, 1.807) is 0 Å². The number of carbonyl (C=O) groups is 1. The van der Waals surface area contributed by atoms with Gasteiger partial charge in [-0.2, -0.15) is 0 Å². The van der Waals surface area contributed by atoms with Crippen LogP contribution in [0.4, 0.5) is 0 Å².